The van der Waals surface area contributed by atoms with Crippen molar-refractivity contribution in [3.8, 4) is 0 Å². The largest absolute Gasteiger partial charge is 0.298 e. The van der Waals surface area contributed by atoms with Crippen LogP contribution in [0.3, 0.4) is 0 Å². The molecule has 1 aromatic rings. The van der Waals surface area contributed by atoms with E-state index >= 15 is 0 Å². The van der Waals surface area contributed by atoms with Crippen LogP contribution in [0, 0.1) is 0 Å². The quantitative estimate of drug-likeness (QED) is 0.778. The van der Waals surface area contributed by atoms with Crippen LogP contribution in [-0.4, -0.2) is 40.1 Å². The Morgan fingerprint density at radius 2 is 2.11 bits per heavy atom. The zero-order valence-corrected chi connectivity index (χ0v) is 12.4. The standard InChI is InChI=1S/C14H25N3O/c1-7-11(2)17-9-8-12(15-17)10-13(18)14(3,4)16(5)6/h8-9,11H,7,10H2,1-6H3. The smallest absolute Gasteiger partial charge is 0.158 e. The van der Waals surface area contributed by atoms with E-state index in [0.717, 1.165) is 12.1 Å². The third kappa shape index (κ3) is 3.19. The van der Waals surface area contributed by atoms with Crippen molar-refractivity contribution in [1.29, 1.82) is 0 Å². The van der Waals surface area contributed by atoms with Gasteiger partial charge in [-0.15, -0.1) is 0 Å². The van der Waals surface area contributed by atoms with Gasteiger partial charge in [0.2, 0.25) is 0 Å². The van der Waals surface area contributed by atoms with Gasteiger partial charge < -0.3 is 0 Å². The lowest BCUT2D eigenvalue weighted by molar-refractivity contribution is -0.127. The highest BCUT2D eigenvalue weighted by molar-refractivity contribution is 5.89. The molecule has 1 aromatic heterocycles. The molecule has 0 amide bonds. The van der Waals surface area contributed by atoms with Crippen molar-refractivity contribution in [3.05, 3.63) is 18.0 Å². The van der Waals surface area contributed by atoms with Crippen molar-refractivity contribution in [2.75, 3.05) is 14.1 Å². The molecule has 0 bridgehead atoms. The molecule has 0 saturated heterocycles. The molecule has 0 aliphatic carbocycles. The van der Waals surface area contributed by atoms with Crippen LogP contribution in [0.15, 0.2) is 12.3 Å². The highest BCUT2D eigenvalue weighted by Gasteiger charge is 2.29. The molecule has 102 valence electrons. The summed E-state index contributed by atoms with van der Waals surface area (Å²) in [7, 11) is 3.85. The Hall–Kier alpha value is -1.16. The number of hydrogen-bond donors (Lipinski definition) is 0. The summed E-state index contributed by atoms with van der Waals surface area (Å²) in [6.45, 7) is 8.15. The lowest BCUT2D eigenvalue weighted by Crippen LogP contribution is -2.46. The topological polar surface area (TPSA) is 38.1 Å². The fourth-order valence-corrected chi connectivity index (χ4v) is 1.53. The summed E-state index contributed by atoms with van der Waals surface area (Å²) in [4.78, 5) is 14.2. The fraction of sp³-hybridized carbons (Fsp3) is 0.714. The van der Waals surface area contributed by atoms with Crippen LogP contribution in [0.1, 0.15) is 45.9 Å². The average Bonchev–Trinajstić information content (AvgIpc) is 2.76. The molecular formula is C14H25N3O. The number of ketones is 1. The first kappa shape index (κ1) is 14.9. The van der Waals surface area contributed by atoms with E-state index in [1.807, 2.05) is 49.8 Å². The van der Waals surface area contributed by atoms with E-state index in [0.29, 0.717) is 12.5 Å². The zero-order valence-electron chi connectivity index (χ0n) is 12.4. The van der Waals surface area contributed by atoms with E-state index in [4.69, 9.17) is 0 Å². The second-order valence-electron chi connectivity index (χ2n) is 5.60. The van der Waals surface area contributed by atoms with Gasteiger partial charge in [-0.1, -0.05) is 6.92 Å². The second kappa shape index (κ2) is 5.65. The summed E-state index contributed by atoms with van der Waals surface area (Å²) in [5.74, 6) is 0.196. The molecule has 0 aliphatic rings. The SMILES string of the molecule is CCC(C)n1ccc(CC(=O)C(C)(C)N(C)C)n1. The van der Waals surface area contributed by atoms with Crippen LogP contribution in [0.5, 0.6) is 0 Å². The van der Waals surface area contributed by atoms with E-state index in [1.54, 1.807) is 0 Å². The first-order valence-electron chi connectivity index (χ1n) is 6.53. The molecule has 1 rings (SSSR count). The van der Waals surface area contributed by atoms with E-state index < -0.39 is 5.54 Å². The third-order valence-corrected chi connectivity index (χ3v) is 3.85. The van der Waals surface area contributed by atoms with E-state index in [1.165, 1.54) is 0 Å². The van der Waals surface area contributed by atoms with Gasteiger partial charge in [-0.3, -0.25) is 14.4 Å². The summed E-state index contributed by atoms with van der Waals surface area (Å²) >= 11 is 0. The number of hydrogen-bond acceptors (Lipinski definition) is 3. The lowest BCUT2D eigenvalue weighted by Gasteiger charge is -2.30. The molecule has 0 radical (unpaired) electrons. The summed E-state index contributed by atoms with van der Waals surface area (Å²) in [5.41, 5.74) is 0.412. The van der Waals surface area contributed by atoms with Crippen molar-refractivity contribution < 1.29 is 4.79 Å². The Kier molecular flexibility index (Phi) is 4.68. The molecule has 4 heteroatoms. The van der Waals surface area contributed by atoms with Crippen LogP contribution in [-0.2, 0) is 11.2 Å². The Balaban J connectivity index is 2.74. The number of Topliss-reactive ketones (excluding diaryl/α,β-unsaturated/α-hetero) is 1. The molecule has 0 fully saturated rings. The number of aromatic nitrogens is 2. The minimum atomic E-state index is -0.444. The van der Waals surface area contributed by atoms with Crippen molar-refractivity contribution in [2.45, 2.75) is 52.1 Å². The van der Waals surface area contributed by atoms with Crippen LogP contribution >= 0.6 is 0 Å². The number of nitrogens with zero attached hydrogens (tertiary/aromatic N) is 3. The van der Waals surface area contributed by atoms with Gasteiger partial charge in [0.25, 0.3) is 0 Å². The molecule has 0 spiro atoms. The Morgan fingerprint density at radius 3 is 2.61 bits per heavy atom. The summed E-state index contributed by atoms with van der Waals surface area (Å²) < 4.78 is 1.94. The predicted octanol–water partition coefficient (Wildman–Crippen LogP) is 2.31. The van der Waals surface area contributed by atoms with Crippen molar-refractivity contribution in [2.24, 2.45) is 0 Å². The summed E-state index contributed by atoms with van der Waals surface area (Å²) in [6, 6.07) is 2.33. The molecule has 0 aromatic carbocycles. The predicted molar refractivity (Wildman–Crippen MR) is 73.7 cm³/mol. The first-order valence-corrected chi connectivity index (χ1v) is 6.53. The van der Waals surface area contributed by atoms with Gasteiger partial charge in [0, 0.05) is 12.2 Å². The van der Waals surface area contributed by atoms with Crippen molar-refractivity contribution >= 4 is 5.78 Å². The Labute approximate surface area is 110 Å². The highest BCUT2D eigenvalue weighted by Crippen LogP contribution is 2.15. The van der Waals surface area contributed by atoms with Gasteiger partial charge in [0.1, 0.15) is 0 Å². The molecule has 1 heterocycles. The van der Waals surface area contributed by atoms with Crippen LogP contribution < -0.4 is 0 Å². The lowest BCUT2D eigenvalue weighted by atomic mass is 9.94. The Bertz CT molecular complexity index is 407. The first-order chi connectivity index (χ1) is 8.28. The maximum atomic E-state index is 12.2. The number of carbonyl (C=O) groups excluding carboxylic acids is 1. The maximum Gasteiger partial charge on any atom is 0.158 e. The van der Waals surface area contributed by atoms with Crippen LogP contribution in [0.4, 0.5) is 0 Å². The van der Waals surface area contributed by atoms with Crippen LogP contribution in [0.25, 0.3) is 0 Å². The molecular weight excluding hydrogens is 226 g/mol. The van der Waals surface area contributed by atoms with Gasteiger partial charge in [0.15, 0.2) is 5.78 Å². The van der Waals surface area contributed by atoms with E-state index in [-0.39, 0.29) is 5.78 Å². The molecule has 1 atom stereocenters. The second-order valence-corrected chi connectivity index (χ2v) is 5.60. The third-order valence-electron chi connectivity index (χ3n) is 3.85. The van der Waals surface area contributed by atoms with Gasteiger partial charge in [-0.05, 0) is 47.4 Å². The van der Waals surface area contributed by atoms with Gasteiger partial charge >= 0.3 is 0 Å². The highest BCUT2D eigenvalue weighted by atomic mass is 16.1. The average molecular weight is 251 g/mol. The zero-order chi connectivity index (χ0) is 13.9. The molecule has 4 nitrogen and oxygen atoms in total. The molecule has 0 N–H and O–H groups in total. The minimum absolute atomic E-state index is 0.196. The van der Waals surface area contributed by atoms with Crippen LogP contribution in [0.2, 0.25) is 0 Å². The minimum Gasteiger partial charge on any atom is -0.298 e. The van der Waals surface area contributed by atoms with Gasteiger partial charge in [0.05, 0.1) is 17.7 Å². The van der Waals surface area contributed by atoms with Gasteiger partial charge in [-0.25, -0.2) is 0 Å². The fourth-order valence-electron chi connectivity index (χ4n) is 1.53. The monoisotopic (exact) mass is 251 g/mol. The molecule has 0 aliphatic heterocycles. The Morgan fingerprint density at radius 1 is 1.50 bits per heavy atom. The van der Waals surface area contributed by atoms with Gasteiger partial charge in [-0.2, -0.15) is 5.10 Å². The molecule has 0 saturated carbocycles. The maximum absolute atomic E-state index is 12.2. The number of carbonyl (C=O) groups is 1. The normalized spacial score (nSPS) is 13.9. The number of rotatable bonds is 6. The number of likely N-dealkylation sites (N-methyl/N-ethyl adjacent to an activating group) is 1. The molecule has 1 unspecified atom stereocenters. The van der Waals surface area contributed by atoms with E-state index in [2.05, 4.69) is 18.9 Å². The summed E-state index contributed by atoms with van der Waals surface area (Å²) in [6.07, 6.45) is 3.40. The van der Waals surface area contributed by atoms with Crippen molar-refractivity contribution in [1.82, 2.24) is 14.7 Å². The molecule has 18 heavy (non-hydrogen) atoms. The van der Waals surface area contributed by atoms with E-state index in [9.17, 15) is 4.79 Å². The van der Waals surface area contributed by atoms with Crippen molar-refractivity contribution in [3.63, 3.8) is 0 Å². The summed E-state index contributed by atoms with van der Waals surface area (Å²) in [5, 5.41) is 4.47.